The van der Waals surface area contributed by atoms with Crippen LogP contribution in [0.4, 0.5) is 8.78 Å². The number of aryl methyl sites for hydroxylation is 1. The Bertz CT molecular complexity index is 1090. The van der Waals surface area contributed by atoms with Crippen LogP contribution in [0.1, 0.15) is 34.8 Å². The lowest BCUT2D eigenvalue weighted by molar-refractivity contribution is 0.0286. The van der Waals surface area contributed by atoms with Gasteiger partial charge in [0.1, 0.15) is 11.7 Å². The summed E-state index contributed by atoms with van der Waals surface area (Å²) >= 11 is 1.11. The first-order valence-electron chi connectivity index (χ1n) is 10.0. The van der Waals surface area contributed by atoms with Gasteiger partial charge in [0.2, 0.25) is 5.43 Å². The molecule has 0 aromatic carbocycles. The maximum atomic E-state index is 13.4. The number of nitrogens with one attached hydrogen (secondary N) is 1. The van der Waals surface area contributed by atoms with Gasteiger partial charge < -0.3 is 19.9 Å². The minimum Gasteiger partial charge on any atom is -0.503 e. The summed E-state index contributed by atoms with van der Waals surface area (Å²) in [7, 11) is 1.71. The summed E-state index contributed by atoms with van der Waals surface area (Å²) in [5.41, 5.74) is -0.962. The molecule has 0 saturated carbocycles. The van der Waals surface area contributed by atoms with Crippen molar-refractivity contribution in [3.8, 4) is 16.3 Å². The first-order chi connectivity index (χ1) is 14.9. The Balaban J connectivity index is 1.68. The molecule has 4 rings (SSSR count). The largest absolute Gasteiger partial charge is 0.503 e. The van der Waals surface area contributed by atoms with Gasteiger partial charge in [0.05, 0.1) is 16.9 Å². The maximum Gasteiger partial charge on any atom is 0.274 e. The van der Waals surface area contributed by atoms with Crippen LogP contribution in [-0.4, -0.2) is 63.0 Å². The monoisotopic (exact) mass is 451 g/mol. The maximum absolute atomic E-state index is 13.4. The number of nitrogens with zero attached hydrogens (tertiary/aromatic N) is 4. The second kappa shape index (κ2) is 8.46. The zero-order valence-corrected chi connectivity index (χ0v) is 17.8. The van der Waals surface area contributed by atoms with Crippen molar-refractivity contribution < 1.29 is 18.7 Å². The fourth-order valence-corrected chi connectivity index (χ4v) is 5.06. The van der Waals surface area contributed by atoms with Crippen LogP contribution in [0.2, 0.25) is 0 Å². The fraction of sp³-hybridized carbons (Fsp3) is 0.500. The van der Waals surface area contributed by atoms with Gasteiger partial charge in [-0.3, -0.25) is 9.59 Å². The standard InChI is InChI=1S/C20H23F2N5O3S/c1-26-19(30)15-17(29)16(28)13(10-27(15)11-20(26)5-8-23-9-6-20)18-25-24-14(31-18)3-2-12(22)4-7-21/h4,10,23,29H,2-3,5-9,11H2,1H3. The Morgan fingerprint density at radius 1 is 1.35 bits per heavy atom. The third-order valence-corrected chi connectivity index (χ3v) is 7.06. The number of amides is 1. The third-order valence-electron chi connectivity index (χ3n) is 6.05. The second-order valence-electron chi connectivity index (χ2n) is 7.84. The number of carbonyl (C=O) groups is 1. The quantitative estimate of drug-likeness (QED) is 0.722. The zero-order chi connectivity index (χ0) is 22.2. The number of likely N-dealkylation sites (N-methyl/N-ethyl adjacent to an activating group) is 1. The summed E-state index contributed by atoms with van der Waals surface area (Å²) < 4.78 is 27.2. The van der Waals surface area contributed by atoms with Gasteiger partial charge in [-0.2, -0.15) is 0 Å². The van der Waals surface area contributed by atoms with E-state index in [2.05, 4.69) is 15.5 Å². The van der Waals surface area contributed by atoms with Gasteiger partial charge >= 0.3 is 0 Å². The smallest absolute Gasteiger partial charge is 0.274 e. The van der Waals surface area contributed by atoms with Crippen molar-refractivity contribution in [3.63, 3.8) is 0 Å². The molecule has 2 N–H and O–H groups in total. The molecule has 1 spiro atoms. The van der Waals surface area contributed by atoms with E-state index in [9.17, 15) is 23.5 Å². The van der Waals surface area contributed by atoms with Gasteiger partial charge in [0.25, 0.3) is 5.91 Å². The second-order valence-corrected chi connectivity index (χ2v) is 8.90. The fourth-order valence-electron chi connectivity index (χ4n) is 4.21. The highest BCUT2D eigenvalue weighted by Crippen LogP contribution is 2.36. The van der Waals surface area contributed by atoms with E-state index in [4.69, 9.17) is 0 Å². The molecule has 8 nitrogen and oxygen atoms in total. The number of carbonyl (C=O) groups excluding carboxylic acids is 1. The summed E-state index contributed by atoms with van der Waals surface area (Å²) in [5.74, 6) is -1.56. The molecule has 0 atom stereocenters. The number of rotatable bonds is 5. The first kappa shape index (κ1) is 21.6. The van der Waals surface area contributed by atoms with Crippen molar-refractivity contribution >= 4 is 17.2 Å². The Kier molecular flexibility index (Phi) is 5.89. The van der Waals surface area contributed by atoms with Crippen LogP contribution in [0.25, 0.3) is 10.6 Å². The molecule has 2 aliphatic heterocycles. The lowest BCUT2D eigenvalue weighted by atomic mass is 9.84. The Morgan fingerprint density at radius 2 is 2.10 bits per heavy atom. The van der Waals surface area contributed by atoms with Crippen LogP contribution in [-0.2, 0) is 13.0 Å². The van der Waals surface area contributed by atoms with Gasteiger partial charge in [-0.25, -0.2) is 8.78 Å². The van der Waals surface area contributed by atoms with Crippen molar-refractivity contribution in [2.24, 2.45) is 0 Å². The van der Waals surface area contributed by atoms with E-state index in [0.717, 1.165) is 43.3 Å². The molecule has 1 amide bonds. The molecule has 0 radical (unpaired) electrons. The van der Waals surface area contributed by atoms with Crippen molar-refractivity contribution in [3.05, 3.63) is 39.0 Å². The molecule has 11 heteroatoms. The zero-order valence-electron chi connectivity index (χ0n) is 17.0. The molecule has 1 saturated heterocycles. The minimum absolute atomic E-state index is 0.00956. The van der Waals surface area contributed by atoms with E-state index in [1.54, 1.807) is 22.7 Å². The SMILES string of the molecule is CN1C(=O)c2c(O)c(=O)c(-c3nnc(CCC(F)=CCF)s3)cn2CC12CCNCC2. The third kappa shape index (κ3) is 3.87. The number of allylic oxidation sites excluding steroid dienone is 2. The summed E-state index contributed by atoms with van der Waals surface area (Å²) in [6.45, 7) is 1.14. The summed E-state index contributed by atoms with van der Waals surface area (Å²) in [6, 6.07) is 0. The van der Waals surface area contributed by atoms with Crippen LogP contribution in [0, 0.1) is 0 Å². The number of aromatic hydroxyl groups is 1. The topological polar surface area (TPSA) is 100 Å². The number of hydrogen-bond donors (Lipinski definition) is 2. The summed E-state index contributed by atoms with van der Waals surface area (Å²) in [5, 5.41) is 22.6. The minimum atomic E-state index is -0.871. The molecule has 0 unspecified atom stereocenters. The molecule has 0 aliphatic carbocycles. The highest BCUT2D eigenvalue weighted by atomic mass is 32.1. The highest BCUT2D eigenvalue weighted by Gasteiger charge is 2.45. The molecular formula is C20H23F2N5O3S. The number of hydrogen-bond acceptors (Lipinski definition) is 7. The van der Waals surface area contributed by atoms with E-state index in [-0.39, 0.29) is 40.6 Å². The Hall–Kier alpha value is -2.66. The van der Waals surface area contributed by atoms with Gasteiger partial charge in [0.15, 0.2) is 16.5 Å². The number of pyridine rings is 1. The normalized spacial score (nSPS) is 18.5. The highest BCUT2D eigenvalue weighted by molar-refractivity contribution is 7.14. The van der Waals surface area contributed by atoms with Gasteiger partial charge in [-0.15, -0.1) is 10.2 Å². The molecule has 166 valence electrons. The van der Waals surface area contributed by atoms with Crippen LogP contribution in [0.3, 0.4) is 0 Å². The molecular weight excluding hydrogens is 428 g/mol. The molecule has 2 aromatic heterocycles. The number of alkyl halides is 1. The first-order valence-corrected chi connectivity index (χ1v) is 10.9. The van der Waals surface area contributed by atoms with Crippen LogP contribution in [0.5, 0.6) is 5.75 Å². The predicted molar refractivity (Wildman–Crippen MR) is 112 cm³/mol. The van der Waals surface area contributed by atoms with Gasteiger partial charge in [-0.1, -0.05) is 11.3 Å². The molecule has 0 bridgehead atoms. The van der Waals surface area contributed by atoms with E-state index >= 15 is 0 Å². The number of aromatic nitrogens is 3. The van der Waals surface area contributed by atoms with E-state index in [0.29, 0.717) is 11.6 Å². The van der Waals surface area contributed by atoms with Gasteiger partial charge in [0, 0.05) is 32.6 Å². The summed E-state index contributed by atoms with van der Waals surface area (Å²) in [4.78, 5) is 27.5. The molecule has 2 aliphatic rings. The average Bonchev–Trinajstić information content (AvgIpc) is 3.23. The van der Waals surface area contributed by atoms with Crippen molar-refractivity contribution in [2.45, 2.75) is 37.8 Å². The average molecular weight is 451 g/mol. The lowest BCUT2D eigenvalue weighted by Crippen LogP contribution is -2.60. The summed E-state index contributed by atoms with van der Waals surface area (Å²) in [6.07, 6.45) is 4.15. The number of halogens is 2. The molecule has 31 heavy (non-hydrogen) atoms. The van der Waals surface area contributed by atoms with Crippen LogP contribution >= 0.6 is 11.3 Å². The van der Waals surface area contributed by atoms with Crippen molar-refractivity contribution in [2.75, 3.05) is 26.8 Å². The van der Waals surface area contributed by atoms with Crippen LogP contribution in [0.15, 0.2) is 22.9 Å². The van der Waals surface area contributed by atoms with E-state index < -0.39 is 23.7 Å². The van der Waals surface area contributed by atoms with E-state index in [1.165, 1.54) is 0 Å². The number of fused-ring (bicyclic) bond motifs is 1. The van der Waals surface area contributed by atoms with Crippen LogP contribution < -0.4 is 10.7 Å². The predicted octanol–water partition coefficient (Wildman–Crippen LogP) is 2.04. The van der Waals surface area contributed by atoms with Gasteiger partial charge in [-0.05, 0) is 32.0 Å². The van der Waals surface area contributed by atoms with E-state index in [1.807, 2.05) is 0 Å². The van der Waals surface area contributed by atoms with Crippen molar-refractivity contribution in [1.82, 2.24) is 25.0 Å². The Morgan fingerprint density at radius 3 is 2.81 bits per heavy atom. The number of piperidine rings is 1. The lowest BCUT2D eigenvalue weighted by Gasteiger charge is -2.48. The Labute approximate surface area is 181 Å². The van der Waals surface area contributed by atoms with Crippen molar-refractivity contribution in [1.29, 1.82) is 0 Å². The molecule has 2 aromatic rings. The molecule has 1 fully saturated rings. The molecule has 4 heterocycles.